The largest absolute Gasteiger partial charge is 0.365 e. The topological polar surface area (TPSA) is 99.1 Å². The van der Waals surface area contributed by atoms with Crippen LogP contribution in [0.5, 0.6) is 0 Å². The third kappa shape index (κ3) is 3.99. The smallest absolute Gasteiger partial charge is 0.280 e. The van der Waals surface area contributed by atoms with Crippen LogP contribution >= 0.6 is 0 Å². The van der Waals surface area contributed by atoms with Gasteiger partial charge in [0.15, 0.2) is 11.6 Å². The van der Waals surface area contributed by atoms with Crippen LogP contribution in [0.25, 0.3) is 28.0 Å². The SMILES string of the molecule is CO[C@]1(O)C[C@@H]([C@H](N)c2cccc(-c3ccc4cnn(-c5cccc(C(F)F)n5)c4c3)n2)C1. The number of alkyl halides is 2. The molecule has 5 rings (SSSR count). The Morgan fingerprint density at radius 1 is 1.09 bits per heavy atom. The van der Waals surface area contributed by atoms with Crippen molar-refractivity contribution in [2.75, 3.05) is 7.11 Å². The molecule has 1 aliphatic carbocycles. The lowest BCUT2D eigenvalue weighted by Crippen LogP contribution is -2.49. The van der Waals surface area contributed by atoms with Gasteiger partial charge in [-0.1, -0.05) is 24.3 Å². The Morgan fingerprint density at radius 2 is 1.85 bits per heavy atom. The molecule has 3 aromatic heterocycles. The van der Waals surface area contributed by atoms with Gasteiger partial charge in [0, 0.05) is 30.9 Å². The van der Waals surface area contributed by atoms with E-state index in [1.165, 1.54) is 13.2 Å². The first-order chi connectivity index (χ1) is 15.9. The van der Waals surface area contributed by atoms with Crippen LogP contribution in [-0.2, 0) is 4.74 Å². The molecule has 0 bridgehead atoms. The van der Waals surface area contributed by atoms with E-state index in [-0.39, 0.29) is 17.7 Å². The quantitative estimate of drug-likeness (QED) is 0.427. The number of hydrogen-bond acceptors (Lipinski definition) is 6. The highest BCUT2D eigenvalue weighted by Gasteiger charge is 2.46. The van der Waals surface area contributed by atoms with Crippen molar-refractivity contribution in [1.29, 1.82) is 0 Å². The van der Waals surface area contributed by atoms with E-state index < -0.39 is 12.2 Å². The highest BCUT2D eigenvalue weighted by molar-refractivity contribution is 5.84. The summed E-state index contributed by atoms with van der Waals surface area (Å²) in [5.41, 5.74) is 9.15. The number of aliphatic hydroxyl groups is 1. The summed E-state index contributed by atoms with van der Waals surface area (Å²) in [5, 5.41) is 15.3. The number of rotatable bonds is 6. The van der Waals surface area contributed by atoms with Crippen LogP contribution in [0.4, 0.5) is 8.78 Å². The van der Waals surface area contributed by atoms with Gasteiger partial charge >= 0.3 is 0 Å². The summed E-state index contributed by atoms with van der Waals surface area (Å²) in [4.78, 5) is 8.80. The molecule has 0 saturated heterocycles. The number of methoxy groups -OCH3 is 1. The van der Waals surface area contributed by atoms with E-state index >= 15 is 0 Å². The van der Waals surface area contributed by atoms with Crippen LogP contribution in [0.15, 0.2) is 60.8 Å². The molecule has 3 heterocycles. The summed E-state index contributed by atoms with van der Waals surface area (Å²) in [5.74, 6) is -0.701. The van der Waals surface area contributed by atoms with Gasteiger partial charge in [-0.2, -0.15) is 5.10 Å². The molecule has 3 N–H and O–H groups in total. The molecule has 0 unspecified atom stereocenters. The maximum absolute atomic E-state index is 13.1. The van der Waals surface area contributed by atoms with E-state index in [0.29, 0.717) is 18.7 Å². The van der Waals surface area contributed by atoms with Gasteiger partial charge in [0.2, 0.25) is 0 Å². The van der Waals surface area contributed by atoms with E-state index in [1.54, 1.807) is 23.0 Å². The van der Waals surface area contributed by atoms with Crippen molar-refractivity contribution in [1.82, 2.24) is 19.7 Å². The molecule has 1 fully saturated rings. The van der Waals surface area contributed by atoms with Crippen molar-refractivity contribution in [3.05, 3.63) is 72.2 Å². The number of aromatic nitrogens is 4. The Balaban J connectivity index is 1.47. The fourth-order valence-corrected chi connectivity index (χ4v) is 4.26. The molecular weight excluding hydrogens is 428 g/mol. The molecular formula is C24H23F2N5O2. The number of nitrogens with two attached hydrogens (primary N) is 1. The minimum absolute atomic E-state index is 0.0785. The molecule has 0 radical (unpaired) electrons. The summed E-state index contributed by atoms with van der Waals surface area (Å²) in [7, 11) is 1.49. The van der Waals surface area contributed by atoms with E-state index in [2.05, 4.69) is 10.1 Å². The van der Waals surface area contributed by atoms with Crippen LogP contribution < -0.4 is 5.73 Å². The van der Waals surface area contributed by atoms with E-state index in [9.17, 15) is 13.9 Å². The predicted octanol–water partition coefficient (Wildman–Crippen LogP) is 4.16. The zero-order chi connectivity index (χ0) is 23.2. The van der Waals surface area contributed by atoms with Gasteiger partial charge in [0.1, 0.15) is 5.69 Å². The van der Waals surface area contributed by atoms with Gasteiger partial charge in [-0.05, 0) is 36.2 Å². The highest BCUT2D eigenvalue weighted by Crippen LogP contribution is 2.44. The summed E-state index contributed by atoms with van der Waals surface area (Å²) >= 11 is 0. The number of benzene rings is 1. The summed E-state index contributed by atoms with van der Waals surface area (Å²) < 4.78 is 32.9. The molecule has 33 heavy (non-hydrogen) atoms. The molecule has 170 valence electrons. The monoisotopic (exact) mass is 451 g/mol. The number of fused-ring (bicyclic) bond motifs is 1. The van der Waals surface area contributed by atoms with Gasteiger partial charge in [0.05, 0.1) is 29.1 Å². The van der Waals surface area contributed by atoms with Crippen molar-refractivity contribution < 1.29 is 18.6 Å². The summed E-state index contributed by atoms with van der Waals surface area (Å²) in [6.45, 7) is 0. The minimum Gasteiger partial charge on any atom is -0.365 e. The van der Waals surface area contributed by atoms with Gasteiger partial charge in [-0.3, -0.25) is 4.98 Å². The second-order valence-electron chi connectivity index (χ2n) is 8.34. The fourth-order valence-electron chi connectivity index (χ4n) is 4.26. The molecule has 9 heteroatoms. The van der Waals surface area contributed by atoms with Crippen molar-refractivity contribution in [2.45, 2.75) is 31.1 Å². The zero-order valence-electron chi connectivity index (χ0n) is 17.9. The number of ether oxygens (including phenoxy) is 1. The summed E-state index contributed by atoms with van der Waals surface area (Å²) in [6.07, 6.45) is -0.0592. The number of pyridine rings is 2. The van der Waals surface area contributed by atoms with Crippen molar-refractivity contribution in [2.24, 2.45) is 11.7 Å². The normalized spacial score (nSPS) is 21.3. The fraction of sp³-hybridized carbons (Fsp3) is 0.292. The van der Waals surface area contributed by atoms with Gasteiger partial charge < -0.3 is 15.6 Å². The Bertz CT molecular complexity index is 1300. The Hall–Kier alpha value is -3.27. The van der Waals surface area contributed by atoms with E-state index in [0.717, 1.165) is 27.9 Å². The Kier molecular flexibility index (Phi) is 5.40. The van der Waals surface area contributed by atoms with E-state index in [4.69, 9.17) is 15.5 Å². The van der Waals surface area contributed by atoms with Crippen LogP contribution in [0.3, 0.4) is 0 Å². The van der Waals surface area contributed by atoms with Crippen molar-refractivity contribution in [3.63, 3.8) is 0 Å². The highest BCUT2D eigenvalue weighted by atomic mass is 19.3. The molecule has 1 atom stereocenters. The molecule has 0 spiro atoms. The molecule has 7 nitrogen and oxygen atoms in total. The van der Waals surface area contributed by atoms with Crippen LogP contribution in [0.1, 0.15) is 36.7 Å². The first-order valence-electron chi connectivity index (χ1n) is 10.6. The maximum atomic E-state index is 13.1. The molecule has 0 amide bonds. The molecule has 0 aliphatic heterocycles. The third-order valence-corrected chi connectivity index (χ3v) is 6.23. The number of nitrogens with zero attached hydrogens (tertiary/aromatic N) is 4. The van der Waals surface area contributed by atoms with Crippen molar-refractivity contribution >= 4 is 10.9 Å². The van der Waals surface area contributed by atoms with Crippen molar-refractivity contribution in [3.8, 4) is 17.1 Å². The second kappa shape index (κ2) is 8.26. The average molecular weight is 451 g/mol. The third-order valence-electron chi connectivity index (χ3n) is 6.23. The maximum Gasteiger partial charge on any atom is 0.280 e. The Labute approximate surface area is 188 Å². The molecule has 1 aliphatic rings. The average Bonchev–Trinajstić information content (AvgIpc) is 3.25. The lowest BCUT2D eigenvalue weighted by atomic mass is 9.73. The zero-order valence-corrected chi connectivity index (χ0v) is 17.9. The first-order valence-corrected chi connectivity index (χ1v) is 10.6. The molecule has 4 aromatic rings. The van der Waals surface area contributed by atoms with Crippen LogP contribution in [0, 0.1) is 5.92 Å². The second-order valence-corrected chi connectivity index (χ2v) is 8.34. The molecule has 1 saturated carbocycles. The lowest BCUT2D eigenvalue weighted by Gasteiger charge is -2.44. The van der Waals surface area contributed by atoms with Crippen LogP contribution in [0.2, 0.25) is 0 Å². The summed E-state index contributed by atoms with van der Waals surface area (Å²) in [6, 6.07) is 15.6. The first kappa shape index (κ1) is 21.6. The predicted molar refractivity (Wildman–Crippen MR) is 119 cm³/mol. The Morgan fingerprint density at radius 3 is 2.61 bits per heavy atom. The van der Waals surface area contributed by atoms with Gasteiger partial charge in [-0.25, -0.2) is 18.4 Å². The number of hydrogen-bond donors (Lipinski definition) is 2. The standard InChI is InChI=1S/C24H23F2N5O2/c1-33-24(32)11-16(12-24)22(27)18-5-2-4-17(29-18)14-8-9-15-13-28-31(20(15)10-14)21-7-3-6-19(30-21)23(25)26/h2-10,13,16,22-23,32H,11-12,27H2,1H3/t16-,22-,24-/m0/s1. The lowest BCUT2D eigenvalue weighted by molar-refractivity contribution is -0.256. The van der Waals surface area contributed by atoms with Gasteiger partial charge in [0.25, 0.3) is 6.43 Å². The van der Waals surface area contributed by atoms with Gasteiger partial charge in [-0.15, -0.1) is 0 Å². The minimum atomic E-state index is -2.66. The van der Waals surface area contributed by atoms with Crippen LogP contribution in [-0.4, -0.2) is 37.8 Å². The number of halogens is 2. The molecule has 1 aromatic carbocycles. The van der Waals surface area contributed by atoms with E-state index in [1.807, 2.05) is 36.4 Å².